The van der Waals surface area contributed by atoms with E-state index in [9.17, 15) is 18.0 Å². The largest absolute Gasteiger partial charge is 0.450 e. The van der Waals surface area contributed by atoms with Gasteiger partial charge in [-0.2, -0.15) is 0 Å². The minimum atomic E-state index is -3.38. The summed E-state index contributed by atoms with van der Waals surface area (Å²) in [5.74, 6) is -0.818. The number of ketones is 1. The van der Waals surface area contributed by atoms with E-state index < -0.39 is 22.1 Å². The Kier molecular flexibility index (Phi) is 5.67. The molecule has 1 aromatic carbocycles. The van der Waals surface area contributed by atoms with E-state index in [0.29, 0.717) is 16.1 Å². The maximum absolute atomic E-state index is 12.5. The van der Waals surface area contributed by atoms with Crippen molar-refractivity contribution in [2.24, 2.45) is 0 Å². The third kappa shape index (κ3) is 4.95. The van der Waals surface area contributed by atoms with Crippen LogP contribution in [0, 0.1) is 0 Å². The number of anilines is 1. The molecule has 1 aliphatic carbocycles. The van der Waals surface area contributed by atoms with Crippen LogP contribution in [0.15, 0.2) is 30.3 Å². The molecule has 0 radical (unpaired) electrons. The first kappa shape index (κ1) is 19.6. The summed E-state index contributed by atoms with van der Waals surface area (Å²) >= 11 is 1.45. The summed E-state index contributed by atoms with van der Waals surface area (Å²) in [6, 6.07) is 7.88. The van der Waals surface area contributed by atoms with Crippen molar-refractivity contribution in [1.29, 1.82) is 0 Å². The number of fused-ring (bicyclic) bond motifs is 1. The van der Waals surface area contributed by atoms with E-state index in [1.165, 1.54) is 53.0 Å². The SMILES string of the molecule is CC(OC(=O)c1cc2c(s1)CCCC2)C(=O)c1ccc(NS(C)(=O)=O)cc1. The first-order chi connectivity index (χ1) is 12.7. The number of sulfonamides is 1. The Bertz CT molecular complexity index is 937. The molecule has 0 spiro atoms. The van der Waals surface area contributed by atoms with Crippen molar-refractivity contribution in [2.75, 3.05) is 11.0 Å². The van der Waals surface area contributed by atoms with Crippen molar-refractivity contribution >= 4 is 38.8 Å². The molecule has 0 fully saturated rings. The van der Waals surface area contributed by atoms with Gasteiger partial charge in [-0.25, -0.2) is 13.2 Å². The van der Waals surface area contributed by atoms with Crippen LogP contribution >= 0.6 is 11.3 Å². The molecule has 1 heterocycles. The first-order valence-corrected chi connectivity index (χ1v) is 11.4. The molecule has 1 atom stereocenters. The molecule has 144 valence electrons. The second-order valence-electron chi connectivity index (χ2n) is 6.63. The lowest BCUT2D eigenvalue weighted by Crippen LogP contribution is -2.24. The molecule has 6 nitrogen and oxygen atoms in total. The highest BCUT2D eigenvalue weighted by molar-refractivity contribution is 7.92. The smallest absolute Gasteiger partial charge is 0.349 e. The van der Waals surface area contributed by atoms with Crippen LogP contribution in [0.3, 0.4) is 0 Å². The van der Waals surface area contributed by atoms with Gasteiger partial charge in [0.15, 0.2) is 6.10 Å². The van der Waals surface area contributed by atoms with Gasteiger partial charge in [-0.05, 0) is 68.5 Å². The van der Waals surface area contributed by atoms with Crippen molar-refractivity contribution in [3.05, 3.63) is 51.2 Å². The summed E-state index contributed by atoms with van der Waals surface area (Å²) in [7, 11) is -3.38. The van der Waals surface area contributed by atoms with Crippen LogP contribution in [0.2, 0.25) is 0 Å². The molecule has 0 bridgehead atoms. The maximum atomic E-state index is 12.5. The highest BCUT2D eigenvalue weighted by Gasteiger charge is 2.23. The van der Waals surface area contributed by atoms with Crippen molar-refractivity contribution in [3.63, 3.8) is 0 Å². The van der Waals surface area contributed by atoms with Crippen LogP contribution in [-0.2, 0) is 27.6 Å². The average Bonchev–Trinajstić information content (AvgIpc) is 3.04. The first-order valence-electron chi connectivity index (χ1n) is 8.67. The van der Waals surface area contributed by atoms with E-state index in [4.69, 9.17) is 4.74 Å². The number of hydrogen-bond acceptors (Lipinski definition) is 6. The van der Waals surface area contributed by atoms with Gasteiger partial charge in [-0.1, -0.05) is 0 Å². The Morgan fingerprint density at radius 3 is 2.44 bits per heavy atom. The second kappa shape index (κ2) is 7.82. The number of thiophene rings is 1. The molecule has 0 amide bonds. The summed E-state index contributed by atoms with van der Waals surface area (Å²) < 4.78 is 30.1. The number of ether oxygens (including phenoxy) is 1. The third-order valence-electron chi connectivity index (χ3n) is 4.32. The topological polar surface area (TPSA) is 89.5 Å². The predicted molar refractivity (Wildman–Crippen MR) is 105 cm³/mol. The van der Waals surface area contributed by atoms with Gasteiger partial charge in [0.1, 0.15) is 4.88 Å². The minimum Gasteiger partial charge on any atom is -0.450 e. The Hall–Kier alpha value is -2.19. The molecule has 8 heteroatoms. The van der Waals surface area contributed by atoms with Crippen molar-refractivity contribution in [3.8, 4) is 0 Å². The second-order valence-corrected chi connectivity index (χ2v) is 9.51. The zero-order valence-corrected chi connectivity index (χ0v) is 16.8. The number of aryl methyl sites for hydroxylation is 2. The van der Waals surface area contributed by atoms with Crippen LogP contribution in [0.1, 0.15) is 50.2 Å². The molecule has 0 aliphatic heterocycles. The summed E-state index contributed by atoms with van der Waals surface area (Å²) in [6.07, 6.45) is 4.39. The number of esters is 1. The summed E-state index contributed by atoms with van der Waals surface area (Å²) in [5, 5.41) is 0. The molecule has 27 heavy (non-hydrogen) atoms. The van der Waals surface area contributed by atoms with E-state index >= 15 is 0 Å². The Balaban J connectivity index is 1.64. The van der Waals surface area contributed by atoms with Gasteiger partial charge in [0, 0.05) is 16.1 Å². The molecule has 3 rings (SSSR count). The lowest BCUT2D eigenvalue weighted by molar-refractivity contribution is 0.0323. The van der Waals surface area contributed by atoms with E-state index in [-0.39, 0.29) is 5.78 Å². The van der Waals surface area contributed by atoms with Gasteiger partial charge >= 0.3 is 5.97 Å². The molecular formula is C19H21NO5S2. The van der Waals surface area contributed by atoms with Gasteiger partial charge in [0.2, 0.25) is 15.8 Å². The number of benzene rings is 1. The number of carbonyl (C=O) groups is 2. The molecule has 0 saturated carbocycles. The van der Waals surface area contributed by atoms with Gasteiger partial charge < -0.3 is 4.74 Å². The Morgan fingerprint density at radius 2 is 1.81 bits per heavy atom. The number of carbonyl (C=O) groups excluding carboxylic acids is 2. The molecule has 1 N–H and O–H groups in total. The van der Waals surface area contributed by atoms with Crippen LogP contribution in [0.5, 0.6) is 0 Å². The zero-order chi connectivity index (χ0) is 19.6. The number of Topliss-reactive ketones (excluding diaryl/α,β-unsaturated/α-hetero) is 1. The van der Waals surface area contributed by atoms with E-state index in [0.717, 1.165) is 31.9 Å². The van der Waals surface area contributed by atoms with Crippen LogP contribution in [0.25, 0.3) is 0 Å². The summed E-state index contributed by atoms with van der Waals surface area (Å²) in [4.78, 5) is 26.6. The number of hydrogen-bond donors (Lipinski definition) is 1. The van der Waals surface area contributed by atoms with Gasteiger partial charge in [0.25, 0.3) is 0 Å². The van der Waals surface area contributed by atoms with Crippen LogP contribution < -0.4 is 4.72 Å². The normalized spacial score (nSPS) is 14.9. The molecule has 1 aromatic heterocycles. The molecule has 0 saturated heterocycles. The quantitative estimate of drug-likeness (QED) is 0.585. The lowest BCUT2D eigenvalue weighted by atomic mass is 9.99. The van der Waals surface area contributed by atoms with Crippen molar-refractivity contribution < 1.29 is 22.7 Å². The fraction of sp³-hybridized carbons (Fsp3) is 0.368. The molecule has 1 aliphatic rings. The average molecular weight is 408 g/mol. The van der Waals surface area contributed by atoms with Crippen molar-refractivity contribution in [2.45, 2.75) is 38.7 Å². The van der Waals surface area contributed by atoms with Gasteiger partial charge in [0.05, 0.1) is 6.26 Å². The van der Waals surface area contributed by atoms with E-state index in [2.05, 4.69) is 4.72 Å². The van der Waals surface area contributed by atoms with E-state index in [1.54, 1.807) is 0 Å². The molecule has 1 unspecified atom stereocenters. The zero-order valence-electron chi connectivity index (χ0n) is 15.2. The fourth-order valence-electron chi connectivity index (χ4n) is 3.01. The monoisotopic (exact) mass is 407 g/mol. The highest BCUT2D eigenvalue weighted by Crippen LogP contribution is 2.30. The standard InChI is InChI=1S/C19H21NO5S2/c1-12(18(21)13-7-9-15(10-8-13)20-27(2,23)24)25-19(22)17-11-14-5-3-4-6-16(14)26-17/h7-12,20H,3-6H2,1-2H3. The minimum absolute atomic E-state index is 0.337. The van der Waals surface area contributed by atoms with Crippen LogP contribution in [0.4, 0.5) is 5.69 Å². The number of rotatable bonds is 6. The third-order valence-corrected chi connectivity index (χ3v) is 6.15. The molecular weight excluding hydrogens is 386 g/mol. The lowest BCUT2D eigenvalue weighted by Gasteiger charge is -2.12. The predicted octanol–water partition coefficient (Wildman–Crippen LogP) is 3.43. The Labute approximate surface area is 162 Å². The summed E-state index contributed by atoms with van der Waals surface area (Å²) in [6.45, 7) is 1.54. The highest BCUT2D eigenvalue weighted by atomic mass is 32.2. The van der Waals surface area contributed by atoms with Gasteiger partial charge in [-0.15, -0.1) is 11.3 Å². The van der Waals surface area contributed by atoms with Crippen molar-refractivity contribution in [1.82, 2.24) is 0 Å². The van der Waals surface area contributed by atoms with Gasteiger partial charge in [-0.3, -0.25) is 9.52 Å². The summed E-state index contributed by atoms with van der Waals surface area (Å²) in [5.41, 5.74) is 1.92. The fourth-order valence-corrected chi connectivity index (χ4v) is 4.72. The Morgan fingerprint density at radius 1 is 1.15 bits per heavy atom. The maximum Gasteiger partial charge on any atom is 0.349 e. The molecule has 2 aromatic rings. The van der Waals surface area contributed by atoms with E-state index in [1.807, 2.05) is 6.07 Å². The number of nitrogens with one attached hydrogen (secondary N) is 1. The van der Waals surface area contributed by atoms with Crippen LogP contribution in [-0.4, -0.2) is 32.5 Å².